The third-order valence-electron chi connectivity index (χ3n) is 5.30. The molecular weight excluding hydrogens is 499 g/mol. The van der Waals surface area contributed by atoms with Crippen LogP contribution in [0.2, 0.25) is 0 Å². The molecule has 0 aliphatic heterocycles. The van der Waals surface area contributed by atoms with E-state index in [2.05, 4.69) is 19.6 Å². The van der Waals surface area contributed by atoms with Gasteiger partial charge in [-0.25, -0.2) is 10.1 Å². The summed E-state index contributed by atoms with van der Waals surface area (Å²) in [6, 6.07) is 8.36. The Kier molecular flexibility index (Phi) is 6.76. The van der Waals surface area contributed by atoms with Crippen molar-refractivity contribution in [1.29, 1.82) is 0 Å². The van der Waals surface area contributed by atoms with E-state index in [0.29, 0.717) is 22.7 Å². The maximum Gasteiger partial charge on any atom is 0.446 e. The van der Waals surface area contributed by atoms with E-state index in [9.17, 15) is 31.8 Å². The zero-order valence-electron chi connectivity index (χ0n) is 17.3. The van der Waals surface area contributed by atoms with Crippen molar-refractivity contribution < 1.29 is 36.0 Å². The predicted molar refractivity (Wildman–Crippen MR) is 117 cm³/mol. The van der Waals surface area contributed by atoms with E-state index in [1.54, 1.807) is 18.2 Å². The summed E-state index contributed by atoms with van der Waals surface area (Å²) in [6.45, 7) is -0.390. The Hall–Kier alpha value is -2.43. The van der Waals surface area contributed by atoms with Gasteiger partial charge in [-0.05, 0) is 36.4 Å². The first-order chi connectivity index (χ1) is 15.9. The average Bonchev–Trinajstić information content (AvgIpc) is 3.28. The number of nitrogens with two attached hydrogens (primary N) is 1. The first-order valence-corrected chi connectivity index (χ1v) is 12.2. The summed E-state index contributed by atoms with van der Waals surface area (Å²) >= 11 is -0.223. The van der Waals surface area contributed by atoms with Gasteiger partial charge in [0.15, 0.2) is 5.65 Å². The molecule has 1 fully saturated rings. The van der Waals surface area contributed by atoms with Crippen molar-refractivity contribution in [2.24, 2.45) is 11.1 Å². The SMILES string of the molecule is NS(=O)(=O)OC[C@H]1C[C@@H](Nc2ccnc3cc(-c4cccc(SC(F)(F)F)c4)nn23)C(O)[C@H]1O. The number of rotatable bonds is 7. The number of nitrogens with zero attached hydrogens (tertiary/aromatic N) is 3. The lowest BCUT2D eigenvalue weighted by molar-refractivity contribution is -0.0328. The number of halogens is 3. The van der Waals surface area contributed by atoms with Crippen molar-refractivity contribution in [3.05, 3.63) is 42.6 Å². The molecule has 1 aliphatic rings. The van der Waals surface area contributed by atoms with Gasteiger partial charge in [0.1, 0.15) is 11.9 Å². The van der Waals surface area contributed by atoms with Gasteiger partial charge in [-0.3, -0.25) is 4.18 Å². The van der Waals surface area contributed by atoms with E-state index in [4.69, 9.17) is 5.14 Å². The third-order valence-corrected chi connectivity index (χ3v) is 6.49. The molecule has 1 saturated carbocycles. The molecular formula is C19H20F3N5O5S2. The Bertz CT molecular complexity index is 1290. The predicted octanol–water partition coefficient (Wildman–Crippen LogP) is 1.75. The van der Waals surface area contributed by atoms with Crippen LogP contribution in [0.25, 0.3) is 16.9 Å². The van der Waals surface area contributed by atoms with E-state index < -0.39 is 40.0 Å². The number of anilines is 1. The summed E-state index contributed by atoms with van der Waals surface area (Å²) in [7, 11) is -4.19. The van der Waals surface area contributed by atoms with E-state index in [1.807, 2.05) is 0 Å². The Morgan fingerprint density at radius 1 is 1.24 bits per heavy atom. The molecule has 34 heavy (non-hydrogen) atoms. The molecule has 184 valence electrons. The van der Waals surface area contributed by atoms with Crippen molar-refractivity contribution in [3.8, 4) is 11.3 Å². The van der Waals surface area contributed by atoms with Gasteiger partial charge in [0.2, 0.25) is 0 Å². The van der Waals surface area contributed by atoms with Crippen LogP contribution >= 0.6 is 11.8 Å². The van der Waals surface area contributed by atoms with Gasteiger partial charge < -0.3 is 15.5 Å². The van der Waals surface area contributed by atoms with E-state index in [-0.39, 0.29) is 29.7 Å². The highest BCUT2D eigenvalue weighted by Gasteiger charge is 2.42. The summed E-state index contributed by atoms with van der Waals surface area (Å²) in [6.07, 6.45) is -0.827. The second-order valence-electron chi connectivity index (χ2n) is 7.71. The van der Waals surface area contributed by atoms with Crippen LogP contribution < -0.4 is 10.5 Å². The Labute approximate surface area is 196 Å². The monoisotopic (exact) mass is 519 g/mol. The zero-order chi connectivity index (χ0) is 24.7. The highest BCUT2D eigenvalue weighted by Crippen LogP contribution is 2.38. The number of aliphatic hydroxyl groups is 2. The number of alkyl halides is 3. The van der Waals surface area contributed by atoms with Crippen LogP contribution in [0.3, 0.4) is 0 Å². The highest BCUT2D eigenvalue weighted by molar-refractivity contribution is 8.00. The summed E-state index contributed by atoms with van der Waals surface area (Å²) < 4.78 is 66.2. The van der Waals surface area contributed by atoms with Crippen molar-refractivity contribution in [3.63, 3.8) is 0 Å². The average molecular weight is 520 g/mol. The van der Waals surface area contributed by atoms with Gasteiger partial charge in [-0.1, -0.05) is 12.1 Å². The number of aromatic nitrogens is 3. The minimum Gasteiger partial charge on any atom is -0.390 e. The van der Waals surface area contributed by atoms with Crippen LogP contribution in [-0.2, 0) is 14.5 Å². The fourth-order valence-electron chi connectivity index (χ4n) is 3.80. The maximum atomic E-state index is 12.7. The highest BCUT2D eigenvalue weighted by atomic mass is 32.2. The van der Waals surface area contributed by atoms with Crippen LogP contribution in [0.4, 0.5) is 19.0 Å². The lowest BCUT2D eigenvalue weighted by Gasteiger charge is -2.19. The Balaban J connectivity index is 1.56. The molecule has 0 spiro atoms. The number of thioether (sulfide) groups is 1. The largest absolute Gasteiger partial charge is 0.446 e. The first kappa shape index (κ1) is 24.7. The van der Waals surface area contributed by atoms with Gasteiger partial charge in [0.25, 0.3) is 0 Å². The van der Waals surface area contributed by atoms with Crippen LogP contribution in [0.15, 0.2) is 47.5 Å². The normalized spacial score (nSPS) is 23.5. The summed E-state index contributed by atoms with van der Waals surface area (Å²) in [5, 5.41) is 33.0. The van der Waals surface area contributed by atoms with Crippen LogP contribution in [0, 0.1) is 5.92 Å². The Morgan fingerprint density at radius 2 is 2.00 bits per heavy atom. The van der Waals surface area contributed by atoms with Crippen LogP contribution in [0.5, 0.6) is 0 Å². The smallest absolute Gasteiger partial charge is 0.390 e. The molecule has 0 saturated heterocycles. The molecule has 4 rings (SSSR count). The van der Waals surface area contributed by atoms with Crippen molar-refractivity contribution in [2.75, 3.05) is 11.9 Å². The van der Waals surface area contributed by atoms with Crippen molar-refractivity contribution >= 4 is 33.5 Å². The molecule has 4 atom stereocenters. The molecule has 3 aromatic rings. The Morgan fingerprint density at radius 3 is 2.71 bits per heavy atom. The van der Waals surface area contributed by atoms with E-state index in [0.717, 1.165) is 0 Å². The number of benzene rings is 1. The molecule has 2 heterocycles. The van der Waals surface area contributed by atoms with Gasteiger partial charge in [-0.2, -0.15) is 31.2 Å². The fourth-order valence-corrected chi connectivity index (χ4v) is 4.77. The molecule has 2 aromatic heterocycles. The van der Waals surface area contributed by atoms with Gasteiger partial charge >= 0.3 is 15.8 Å². The van der Waals surface area contributed by atoms with Crippen molar-refractivity contribution in [2.45, 2.75) is 35.1 Å². The van der Waals surface area contributed by atoms with Gasteiger partial charge in [-0.15, -0.1) is 0 Å². The third kappa shape index (κ3) is 5.79. The van der Waals surface area contributed by atoms with Gasteiger partial charge in [0.05, 0.1) is 24.4 Å². The zero-order valence-corrected chi connectivity index (χ0v) is 18.9. The fraction of sp³-hybridized carbons (Fsp3) is 0.368. The summed E-state index contributed by atoms with van der Waals surface area (Å²) in [5.41, 5.74) is -3.17. The number of fused-ring (bicyclic) bond motifs is 1. The quantitative estimate of drug-likeness (QED) is 0.342. The second kappa shape index (κ2) is 9.31. The molecule has 0 amide bonds. The number of hydrogen-bond acceptors (Lipinski definition) is 9. The minimum absolute atomic E-state index is 0.0178. The van der Waals surface area contributed by atoms with Crippen LogP contribution in [0.1, 0.15) is 6.42 Å². The molecule has 1 unspecified atom stereocenters. The minimum atomic E-state index is -4.42. The van der Waals surface area contributed by atoms with E-state index in [1.165, 1.54) is 28.9 Å². The molecule has 0 bridgehead atoms. The lowest BCUT2D eigenvalue weighted by Crippen LogP contribution is -2.36. The van der Waals surface area contributed by atoms with Crippen molar-refractivity contribution in [1.82, 2.24) is 14.6 Å². The maximum absolute atomic E-state index is 12.7. The standard InChI is InChI=1S/C19H20F3N5O5S2/c20-19(21,22)33-12-3-1-2-10(6-12)13-8-16-24-5-4-15(27(16)26-13)25-14-7-11(17(28)18(14)29)9-32-34(23,30)31/h1-6,8,11,14,17-18,25,28-29H,7,9H2,(H2,23,30,31)/t11-,14-,17+,18?/m1/s1. The number of aliphatic hydroxyl groups excluding tert-OH is 2. The topological polar surface area (TPSA) is 152 Å². The van der Waals surface area contributed by atoms with E-state index >= 15 is 0 Å². The first-order valence-electron chi connectivity index (χ1n) is 9.90. The molecule has 15 heteroatoms. The molecule has 1 aliphatic carbocycles. The number of hydrogen-bond donors (Lipinski definition) is 4. The number of nitrogens with one attached hydrogen (secondary N) is 1. The molecule has 0 radical (unpaired) electrons. The molecule has 5 N–H and O–H groups in total. The summed E-state index contributed by atoms with van der Waals surface area (Å²) in [4.78, 5) is 4.23. The molecule has 10 nitrogen and oxygen atoms in total. The lowest BCUT2D eigenvalue weighted by atomic mass is 10.1. The summed E-state index contributed by atoms with van der Waals surface area (Å²) in [5.74, 6) is -0.286. The van der Waals surface area contributed by atoms with Crippen LogP contribution in [-0.4, -0.2) is 63.6 Å². The second-order valence-corrected chi connectivity index (χ2v) is 10.1. The van der Waals surface area contributed by atoms with Gasteiger partial charge in [0, 0.05) is 28.6 Å². The molecule has 1 aromatic carbocycles.